The van der Waals surface area contributed by atoms with Crippen LogP contribution in [0.4, 0.5) is 10.1 Å². The SMILES string of the molecule is COc1ccc(OC)c(NC(=O)CNC(=O)c2c(F)cccc2Cl)c1. The van der Waals surface area contributed by atoms with Crippen LogP contribution in [0.25, 0.3) is 0 Å². The van der Waals surface area contributed by atoms with E-state index in [0.717, 1.165) is 6.07 Å². The van der Waals surface area contributed by atoms with Crippen molar-refractivity contribution in [2.45, 2.75) is 0 Å². The summed E-state index contributed by atoms with van der Waals surface area (Å²) in [5.41, 5.74) is 0.0703. The van der Waals surface area contributed by atoms with E-state index < -0.39 is 17.6 Å². The molecule has 0 aliphatic rings. The fourth-order valence-electron chi connectivity index (χ4n) is 2.07. The van der Waals surface area contributed by atoms with Gasteiger partial charge in [-0.3, -0.25) is 9.59 Å². The minimum Gasteiger partial charge on any atom is -0.497 e. The second-order valence-electron chi connectivity index (χ2n) is 4.89. The quantitative estimate of drug-likeness (QED) is 0.824. The zero-order valence-corrected chi connectivity index (χ0v) is 14.3. The van der Waals surface area contributed by atoms with Gasteiger partial charge in [-0.1, -0.05) is 17.7 Å². The zero-order valence-electron chi connectivity index (χ0n) is 13.6. The minimum atomic E-state index is -0.782. The fourth-order valence-corrected chi connectivity index (χ4v) is 2.32. The lowest BCUT2D eigenvalue weighted by atomic mass is 10.2. The summed E-state index contributed by atoms with van der Waals surface area (Å²) in [5, 5.41) is 4.87. The standard InChI is InChI=1S/C17H16ClFN2O4/c1-24-10-6-7-14(25-2)13(8-10)21-15(22)9-20-17(23)16-11(18)4-3-5-12(16)19/h3-8H,9H2,1-2H3,(H,20,23)(H,21,22). The summed E-state index contributed by atoms with van der Waals surface area (Å²) in [4.78, 5) is 24.0. The Morgan fingerprint density at radius 2 is 1.92 bits per heavy atom. The van der Waals surface area contributed by atoms with E-state index in [1.807, 2.05) is 0 Å². The van der Waals surface area contributed by atoms with Crippen molar-refractivity contribution < 1.29 is 23.5 Å². The molecule has 6 nitrogen and oxygen atoms in total. The highest BCUT2D eigenvalue weighted by Gasteiger charge is 2.17. The van der Waals surface area contributed by atoms with E-state index in [1.54, 1.807) is 18.2 Å². The monoisotopic (exact) mass is 366 g/mol. The maximum atomic E-state index is 13.7. The van der Waals surface area contributed by atoms with Gasteiger partial charge in [-0.05, 0) is 24.3 Å². The fraction of sp³-hybridized carbons (Fsp3) is 0.176. The third-order valence-corrected chi connectivity index (χ3v) is 3.60. The first kappa shape index (κ1) is 18.5. The maximum absolute atomic E-state index is 13.7. The number of hydrogen-bond acceptors (Lipinski definition) is 4. The smallest absolute Gasteiger partial charge is 0.256 e. The van der Waals surface area contributed by atoms with Crippen molar-refractivity contribution in [2.24, 2.45) is 0 Å². The number of ether oxygens (including phenoxy) is 2. The normalized spacial score (nSPS) is 10.1. The van der Waals surface area contributed by atoms with Crippen LogP contribution in [0.2, 0.25) is 5.02 Å². The molecule has 2 aromatic carbocycles. The van der Waals surface area contributed by atoms with Crippen molar-refractivity contribution in [3.63, 3.8) is 0 Å². The largest absolute Gasteiger partial charge is 0.497 e. The van der Waals surface area contributed by atoms with Crippen LogP contribution in [0.1, 0.15) is 10.4 Å². The van der Waals surface area contributed by atoms with Crippen LogP contribution >= 0.6 is 11.6 Å². The molecule has 0 aromatic heterocycles. The molecule has 2 rings (SSSR count). The summed E-state index contributed by atoms with van der Waals surface area (Å²) in [6, 6.07) is 8.77. The van der Waals surface area contributed by atoms with Crippen LogP contribution in [0.5, 0.6) is 11.5 Å². The Morgan fingerprint density at radius 1 is 1.16 bits per heavy atom. The lowest BCUT2D eigenvalue weighted by molar-refractivity contribution is -0.115. The van der Waals surface area contributed by atoms with E-state index in [1.165, 1.54) is 26.4 Å². The number of amides is 2. The first-order valence-corrected chi connectivity index (χ1v) is 7.58. The summed E-state index contributed by atoms with van der Waals surface area (Å²) in [7, 11) is 2.95. The number of rotatable bonds is 6. The molecule has 2 aromatic rings. The van der Waals surface area contributed by atoms with Crippen molar-refractivity contribution in [3.8, 4) is 11.5 Å². The number of benzene rings is 2. The van der Waals surface area contributed by atoms with Gasteiger partial charge in [0.1, 0.15) is 17.3 Å². The highest BCUT2D eigenvalue weighted by molar-refractivity contribution is 6.33. The lowest BCUT2D eigenvalue weighted by Crippen LogP contribution is -2.33. The van der Waals surface area contributed by atoms with Crippen LogP contribution in [0.3, 0.4) is 0 Å². The van der Waals surface area contributed by atoms with Gasteiger partial charge in [-0.15, -0.1) is 0 Å². The van der Waals surface area contributed by atoms with E-state index in [4.69, 9.17) is 21.1 Å². The Bertz CT molecular complexity index is 778. The number of methoxy groups -OCH3 is 2. The number of nitrogens with one attached hydrogen (secondary N) is 2. The Labute approximate surface area is 148 Å². The second kappa shape index (κ2) is 8.34. The van der Waals surface area contributed by atoms with E-state index in [9.17, 15) is 14.0 Å². The molecular formula is C17H16ClFN2O4. The third-order valence-electron chi connectivity index (χ3n) is 3.28. The van der Waals surface area contributed by atoms with Crippen LogP contribution < -0.4 is 20.1 Å². The van der Waals surface area contributed by atoms with Gasteiger partial charge in [0.2, 0.25) is 5.91 Å². The number of hydrogen-bond donors (Lipinski definition) is 2. The summed E-state index contributed by atoms with van der Waals surface area (Å²) >= 11 is 5.81. The molecule has 0 heterocycles. The molecule has 0 aliphatic heterocycles. The minimum absolute atomic E-state index is 0.0348. The predicted molar refractivity (Wildman–Crippen MR) is 91.9 cm³/mol. The molecule has 25 heavy (non-hydrogen) atoms. The van der Waals surface area contributed by atoms with Crippen molar-refractivity contribution >= 4 is 29.1 Å². The molecule has 0 bridgehead atoms. The van der Waals surface area contributed by atoms with Gasteiger partial charge < -0.3 is 20.1 Å². The van der Waals surface area contributed by atoms with Crippen molar-refractivity contribution in [1.29, 1.82) is 0 Å². The first-order chi connectivity index (χ1) is 12.0. The Morgan fingerprint density at radius 3 is 2.56 bits per heavy atom. The van der Waals surface area contributed by atoms with Crippen LogP contribution in [0, 0.1) is 5.82 Å². The summed E-state index contributed by atoms with van der Waals surface area (Å²) in [5.74, 6) is -1.11. The molecule has 0 saturated heterocycles. The molecule has 0 atom stereocenters. The van der Waals surface area contributed by atoms with Gasteiger partial charge in [0.15, 0.2) is 0 Å². The molecule has 0 aliphatic carbocycles. The average Bonchev–Trinajstić information content (AvgIpc) is 2.59. The van der Waals surface area contributed by atoms with Crippen molar-refractivity contribution in [2.75, 3.05) is 26.1 Å². The van der Waals surface area contributed by atoms with E-state index in [-0.39, 0.29) is 17.1 Å². The molecular weight excluding hydrogens is 351 g/mol. The van der Waals surface area contributed by atoms with Gasteiger partial charge >= 0.3 is 0 Å². The van der Waals surface area contributed by atoms with Gasteiger partial charge in [-0.2, -0.15) is 0 Å². The Kier molecular flexibility index (Phi) is 6.19. The van der Waals surface area contributed by atoms with Crippen molar-refractivity contribution in [1.82, 2.24) is 5.32 Å². The van der Waals surface area contributed by atoms with Gasteiger partial charge in [0, 0.05) is 6.07 Å². The lowest BCUT2D eigenvalue weighted by Gasteiger charge is -2.12. The Hall–Kier alpha value is -2.80. The van der Waals surface area contributed by atoms with Crippen LogP contribution in [-0.4, -0.2) is 32.6 Å². The van der Waals surface area contributed by atoms with Crippen LogP contribution in [0.15, 0.2) is 36.4 Å². The highest BCUT2D eigenvalue weighted by atomic mass is 35.5. The molecule has 0 radical (unpaired) electrons. The number of carbonyl (C=O) groups is 2. The van der Waals surface area contributed by atoms with E-state index in [2.05, 4.69) is 10.6 Å². The zero-order chi connectivity index (χ0) is 18.4. The highest BCUT2D eigenvalue weighted by Crippen LogP contribution is 2.28. The third kappa shape index (κ3) is 4.60. The van der Waals surface area contributed by atoms with Crippen molar-refractivity contribution in [3.05, 3.63) is 52.8 Å². The molecule has 2 N–H and O–H groups in total. The summed E-state index contributed by atoms with van der Waals surface area (Å²) in [6.07, 6.45) is 0. The van der Waals surface area contributed by atoms with Gasteiger partial charge in [-0.25, -0.2) is 4.39 Å². The number of halogens is 2. The van der Waals surface area contributed by atoms with E-state index >= 15 is 0 Å². The van der Waals surface area contributed by atoms with Crippen LogP contribution in [-0.2, 0) is 4.79 Å². The second-order valence-corrected chi connectivity index (χ2v) is 5.30. The van der Waals surface area contributed by atoms with Gasteiger partial charge in [0.25, 0.3) is 5.91 Å². The van der Waals surface area contributed by atoms with E-state index in [0.29, 0.717) is 17.2 Å². The molecule has 0 fully saturated rings. The summed E-state index contributed by atoms with van der Waals surface area (Å²) < 4.78 is 23.9. The topological polar surface area (TPSA) is 76.7 Å². The summed E-state index contributed by atoms with van der Waals surface area (Å²) in [6.45, 7) is -0.371. The maximum Gasteiger partial charge on any atom is 0.256 e. The molecule has 0 spiro atoms. The molecule has 2 amide bonds. The average molecular weight is 367 g/mol. The molecule has 132 valence electrons. The number of anilines is 1. The molecule has 0 saturated carbocycles. The first-order valence-electron chi connectivity index (χ1n) is 7.20. The predicted octanol–water partition coefficient (Wildman–Crippen LogP) is 2.86. The molecule has 0 unspecified atom stereocenters. The Balaban J connectivity index is 2.03. The van der Waals surface area contributed by atoms with Gasteiger partial charge in [0.05, 0.1) is 37.0 Å². The molecule has 8 heteroatoms. The number of carbonyl (C=O) groups excluding carboxylic acids is 2.